The van der Waals surface area contributed by atoms with E-state index in [9.17, 15) is 0 Å². The van der Waals surface area contributed by atoms with Gasteiger partial charge in [0.15, 0.2) is 0 Å². The Balaban J connectivity index is 3.08. The average molecular weight is 319 g/mol. The molecule has 0 spiro atoms. The van der Waals surface area contributed by atoms with Crippen molar-refractivity contribution in [3.63, 3.8) is 0 Å². The summed E-state index contributed by atoms with van der Waals surface area (Å²) in [6.45, 7) is 4.57. The van der Waals surface area contributed by atoms with E-state index in [1.54, 1.807) is 0 Å². The summed E-state index contributed by atoms with van der Waals surface area (Å²) in [6, 6.07) is 0. The van der Waals surface area contributed by atoms with Crippen molar-refractivity contribution >= 4 is 15.9 Å². The molecule has 0 nitrogen and oxygen atoms in total. The molecule has 0 heterocycles. The van der Waals surface area contributed by atoms with Crippen LogP contribution in [0.4, 0.5) is 0 Å². The first-order valence-electron chi connectivity index (χ1n) is 8.45. The molecule has 0 N–H and O–H groups in total. The largest absolute Gasteiger partial charge is 0.0891 e. The van der Waals surface area contributed by atoms with Crippen LogP contribution in [0.15, 0.2) is 0 Å². The fourth-order valence-electron chi connectivity index (χ4n) is 2.44. The third-order valence-electron chi connectivity index (χ3n) is 3.74. The number of hydrogen-bond donors (Lipinski definition) is 0. The third kappa shape index (κ3) is 14.5. The van der Waals surface area contributed by atoms with E-state index in [0.29, 0.717) is 0 Å². The van der Waals surface area contributed by atoms with Gasteiger partial charge in [-0.3, -0.25) is 0 Å². The molecule has 0 bridgehead atoms. The fourth-order valence-corrected chi connectivity index (χ4v) is 3.08. The Bertz CT molecular complexity index is 145. The van der Waals surface area contributed by atoms with Crippen molar-refractivity contribution in [3.05, 3.63) is 0 Å². The summed E-state index contributed by atoms with van der Waals surface area (Å²) in [5, 5.41) is 0. The standard InChI is InChI=1S/C17H35Br/c1-3-5-7-9-10-11-12-14-16-17(18)15-13-8-6-4-2/h17H,3-16H2,1-2H3. The highest BCUT2D eigenvalue weighted by molar-refractivity contribution is 9.09. The van der Waals surface area contributed by atoms with Crippen LogP contribution in [0.5, 0.6) is 0 Å². The van der Waals surface area contributed by atoms with E-state index in [1.165, 1.54) is 89.9 Å². The van der Waals surface area contributed by atoms with Crippen LogP contribution in [-0.2, 0) is 0 Å². The molecule has 0 radical (unpaired) electrons. The van der Waals surface area contributed by atoms with E-state index >= 15 is 0 Å². The molecule has 0 aliphatic heterocycles. The molecular formula is C17H35Br. The third-order valence-corrected chi connectivity index (χ3v) is 4.66. The molecule has 0 aromatic heterocycles. The average Bonchev–Trinajstić information content (AvgIpc) is 2.38. The van der Waals surface area contributed by atoms with Gasteiger partial charge in [-0.15, -0.1) is 0 Å². The smallest absolute Gasteiger partial charge is 0.0145 e. The Hall–Kier alpha value is 0.480. The molecular weight excluding hydrogens is 284 g/mol. The van der Waals surface area contributed by atoms with Gasteiger partial charge in [-0.05, 0) is 12.8 Å². The molecule has 1 heteroatoms. The molecule has 1 unspecified atom stereocenters. The van der Waals surface area contributed by atoms with Crippen LogP contribution in [-0.4, -0.2) is 4.83 Å². The molecule has 0 rings (SSSR count). The maximum atomic E-state index is 3.83. The first kappa shape index (κ1) is 18.5. The number of unbranched alkanes of at least 4 members (excludes halogenated alkanes) is 10. The maximum absolute atomic E-state index is 3.83. The quantitative estimate of drug-likeness (QED) is 0.233. The van der Waals surface area contributed by atoms with Gasteiger partial charge in [0.05, 0.1) is 0 Å². The minimum Gasteiger partial charge on any atom is -0.0891 e. The van der Waals surface area contributed by atoms with E-state index in [4.69, 9.17) is 0 Å². The zero-order chi connectivity index (χ0) is 13.5. The van der Waals surface area contributed by atoms with Gasteiger partial charge in [-0.1, -0.05) is 107 Å². The number of halogens is 1. The Morgan fingerprint density at radius 2 is 0.889 bits per heavy atom. The van der Waals surface area contributed by atoms with Crippen LogP contribution in [0.2, 0.25) is 0 Å². The number of alkyl halides is 1. The van der Waals surface area contributed by atoms with Crippen molar-refractivity contribution in [2.45, 2.75) is 109 Å². The normalized spacial score (nSPS) is 12.8. The number of hydrogen-bond acceptors (Lipinski definition) is 0. The van der Waals surface area contributed by atoms with Crippen molar-refractivity contribution in [2.24, 2.45) is 0 Å². The summed E-state index contributed by atoms with van der Waals surface area (Å²) in [6.07, 6.45) is 19.9. The lowest BCUT2D eigenvalue weighted by Gasteiger charge is -2.09. The molecule has 110 valence electrons. The van der Waals surface area contributed by atoms with Gasteiger partial charge in [0, 0.05) is 4.83 Å². The Kier molecular flexibility index (Phi) is 16.0. The van der Waals surface area contributed by atoms with Crippen molar-refractivity contribution in [1.82, 2.24) is 0 Å². The molecule has 0 saturated carbocycles. The monoisotopic (exact) mass is 318 g/mol. The second-order valence-electron chi connectivity index (χ2n) is 5.71. The molecule has 18 heavy (non-hydrogen) atoms. The molecule has 0 amide bonds. The maximum Gasteiger partial charge on any atom is 0.0145 e. The first-order chi connectivity index (χ1) is 8.81. The van der Waals surface area contributed by atoms with E-state index < -0.39 is 0 Å². The SMILES string of the molecule is CCCCCCCCCCC(Br)CCCCCC. The van der Waals surface area contributed by atoms with Crippen LogP contribution >= 0.6 is 15.9 Å². The minimum atomic E-state index is 0.787. The summed E-state index contributed by atoms with van der Waals surface area (Å²) >= 11 is 3.83. The lowest BCUT2D eigenvalue weighted by atomic mass is 10.0. The zero-order valence-corrected chi connectivity index (χ0v) is 14.4. The fraction of sp³-hybridized carbons (Fsp3) is 1.00. The van der Waals surface area contributed by atoms with E-state index in [0.717, 1.165) is 4.83 Å². The van der Waals surface area contributed by atoms with E-state index in [1.807, 2.05) is 0 Å². The lowest BCUT2D eigenvalue weighted by Crippen LogP contribution is -1.97. The van der Waals surface area contributed by atoms with Crippen LogP contribution in [0.1, 0.15) is 104 Å². The van der Waals surface area contributed by atoms with Crippen LogP contribution < -0.4 is 0 Å². The van der Waals surface area contributed by atoms with Gasteiger partial charge < -0.3 is 0 Å². The summed E-state index contributed by atoms with van der Waals surface area (Å²) in [4.78, 5) is 0.787. The van der Waals surface area contributed by atoms with Crippen LogP contribution in [0.25, 0.3) is 0 Å². The summed E-state index contributed by atoms with van der Waals surface area (Å²) in [5.41, 5.74) is 0. The topological polar surface area (TPSA) is 0 Å². The van der Waals surface area contributed by atoms with E-state index in [2.05, 4.69) is 29.8 Å². The van der Waals surface area contributed by atoms with Crippen molar-refractivity contribution < 1.29 is 0 Å². The Morgan fingerprint density at radius 1 is 0.556 bits per heavy atom. The highest BCUT2D eigenvalue weighted by Gasteiger charge is 2.03. The van der Waals surface area contributed by atoms with Gasteiger partial charge in [-0.2, -0.15) is 0 Å². The van der Waals surface area contributed by atoms with Crippen molar-refractivity contribution in [3.8, 4) is 0 Å². The van der Waals surface area contributed by atoms with Gasteiger partial charge >= 0.3 is 0 Å². The number of rotatable bonds is 14. The Morgan fingerprint density at radius 3 is 1.33 bits per heavy atom. The second-order valence-corrected chi connectivity index (χ2v) is 7.01. The second kappa shape index (κ2) is 15.5. The van der Waals surface area contributed by atoms with Gasteiger partial charge in [-0.25, -0.2) is 0 Å². The molecule has 0 aromatic carbocycles. The molecule has 0 aliphatic rings. The van der Waals surface area contributed by atoms with Gasteiger partial charge in [0.25, 0.3) is 0 Å². The Labute approximate surface area is 124 Å². The molecule has 0 aromatic rings. The first-order valence-corrected chi connectivity index (χ1v) is 9.36. The van der Waals surface area contributed by atoms with Crippen molar-refractivity contribution in [1.29, 1.82) is 0 Å². The molecule has 0 saturated heterocycles. The minimum absolute atomic E-state index is 0.787. The summed E-state index contributed by atoms with van der Waals surface area (Å²) in [5.74, 6) is 0. The van der Waals surface area contributed by atoms with Crippen molar-refractivity contribution in [2.75, 3.05) is 0 Å². The predicted octanol–water partition coefficient (Wildman–Crippen LogP) is 7.25. The zero-order valence-electron chi connectivity index (χ0n) is 12.9. The molecule has 0 fully saturated rings. The lowest BCUT2D eigenvalue weighted by molar-refractivity contribution is 0.544. The predicted molar refractivity (Wildman–Crippen MR) is 88.7 cm³/mol. The van der Waals surface area contributed by atoms with Gasteiger partial charge in [0.1, 0.15) is 0 Å². The summed E-state index contributed by atoms with van der Waals surface area (Å²) in [7, 11) is 0. The van der Waals surface area contributed by atoms with E-state index in [-0.39, 0.29) is 0 Å². The highest BCUT2D eigenvalue weighted by Crippen LogP contribution is 2.19. The molecule has 0 aliphatic carbocycles. The van der Waals surface area contributed by atoms with Gasteiger partial charge in [0.2, 0.25) is 0 Å². The summed E-state index contributed by atoms with van der Waals surface area (Å²) < 4.78 is 0. The molecule has 1 atom stereocenters. The highest BCUT2D eigenvalue weighted by atomic mass is 79.9. The van der Waals surface area contributed by atoms with Crippen LogP contribution in [0.3, 0.4) is 0 Å². The van der Waals surface area contributed by atoms with Crippen LogP contribution in [0, 0.1) is 0 Å².